The number of guanidine groups is 1. The van der Waals surface area contributed by atoms with Crippen molar-refractivity contribution in [1.82, 2.24) is 19.8 Å². The fourth-order valence-electron chi connectivity index (χ4n) is 4.17. The molecule has 1 spiro atoms. The summed E-state index contributed by atoms with van der Waals surface area (Å²) >= 11 is 0. The van der Waals surface area contributed by atoms with Gasteiger partial charge in [0.15, 0.2) is 5.96 Å². The number of benzene rings is 1. The SMILES string of the molecule is CN=C(NCCCn1cnc2ccccc21)N1CCC2(CCC2)C1. The summed E-state index contributed by atoms with van der Waals surface area (Å²) in [4.78, 5) is 11.4. The highest BCUT2D eigenvalue weighted by atomic mass is 15.3. The number of imidazole rings is 1. The molecule has 0 unspecified atom stereocenters. The van der Waals surface area contributed by atoms with Crippen LogP contribution in [0.5, 0.6) is 0 Å². The number of nitrogens with one attached hydrogen (secondary N) is 1. The van der Waals surface area contributed by atoms with Crippen LogP contribution < -0.4 is 5.32 Å². The molecule has 2 aliphatic rings. The van der Waals surface area contributed by atoms with E-state index in [0.717, 1.165) is 37.5 Å². The molecule has 1 aliphatic heterocycles. The average Bonchev–Trinajstić information content (AvgIpc) is 3.20. The lowest BCUT2D eigenvalue weighted by Crippen LogP contribution is -2.42. The summed E-state index contributed by atoms with van der Waals surface area (Å²) in [5.41, 5.74) is 2.91. The summed E-state index contributed by atoms with van der Waals surface area (Å²) in [6.45, 7) is 4.28. The van der Waals surface area contributed by atoms with E-state index in [2.05, 4.69) is 43.0 Å². The van der Waals surface area contributed by atoms with Crippen molar-refractivity contribution in [1.29, 1.82) is 0 Å². The fraction of sp³-hybridized carbons (Fsp3) is 0.579. The first-order valence-electron chi connectivity index (χ1n) is 9.15. The number of aryl methyl sites for hydroxylation is 1. The summed E-state index contributed by atoms with van der Waals surface area (Å²) in [6.07, 6.45) is 8.59. The quantitative estimate of drug-likeness (QED) is 0.534. The molecular formula is C19H27N5. The first-order chi connectivity index (χ1) is 11.8. The van der Waals surface area contributed by atoms with E-state index < -0.39 is 0 Å². The Balaban J connectivity index is 1.27. The summed E-state index contributed by atoms with van der Waals surface area (Å²) in [6, 6.07) is 8.31. The van der Waals surface area contributed by atoms with Crippen LogP contribution in [0.1, 0.15) is 32.1 Å². The van der Waals surface area contributed by atoms with Crippen LogP contribution in [-0.2, 0) is 6.54 Å². The average molecular weight is 325 g/mol. The molecule has 128 valence electrons. The predicted molar refractivity (Wildman–Crippen MR) is 98.2 cm³/mol. The van der Waals surface area contributed by atoms with Crippen molar-refractivity contribution in [3.8, 4) is 0 Å². The third-order valence-corrected chi connectivity index (χ3v) is 5.75. The van der Waals surface area contributed by atoms with Crippen LogP contribution in [0.25, 0.3) is 11.0 Å². The Hall–Kier alpha value is -2.04. The molecule has 2 fully saturated rings. The molecule has 1 saturated heterocycles. The maximum absolute atomic E-state index is 4.49. The minimum Gasteiger partial charge on any atom is -0.356 e. The van der Waals surface area contributed by atoms with Gasteiger partial charge >= 0.3 is 0 Å². The molecule has 0 amide bonds. The maximum atomic E-state index is 4.49. The highest BCUT2D eigenvalue weighted by Crippen LogP contribution is 2.47. The van der Waals surface area contributed by atoms with E-state index in [0.29, 0.717) is 5.41 Å². The number of hydrogen-bond donors (Lipinski definition) is 1. The van der Waals surface area contributed by atoms with Crippen LogP contribution >= 0.6 is 0 Å². The molecule has 5 nitrogen and oxygen atoms in total. The Morgan fingerprint density at radius 3 is 2.92 bits per heavy atom. The molecule has 2 heterocycles. The predicted octanol–water partition coefficient (Wildman–Crippen LogP) is 2.88. The van der Waals surface area contributed by atoms with Crippen LogP contribution in [0.3, 0.4) is 0 Å². The first kappa shape index (κ1) is 15.5. The van der Waals surface area contributed by atoms with Crippen LogP contribution in [0, 0.1) is 5.41 Å². The van der Waals surface area contributed by atoms with Crippen LogP contribution in [0.15, 0.2) is 35.6 Å². The van der Waals surface area contributed by atoms with Gasteiger partial charge in [-0.1, -0.05) is 18.6 Å². The van der Waals surface area contributed by atoms with Gasteiger partial charge in [0.25, 0.3) is 0 Å². The highest BCUT2D eigenvalue weighted by Gasteiger charge is 2.43. The van der Waals surface area contributed by atoms with Gasteiger partial charge in [-0.05, 0) is 43.2 Å². The Bertz CT molecular complexity index is 728. The van der Waals surface area contributed by atoms with Crippen LogP contribution in [0.2, 0.25) is 0 Å². The van der Waals surface area contributed by atoms with Crippen molar-refractivity contribution in [2.24, 2.45) is 10.4 Å². The van der Waals surface area contributed by atoms with Gasteiger partial charge in [-0.15, -0.1) is 0 Å². The molecule has 0 radical (unpaired) electrons. The van der Waals surface area contributed by atoms with Crippen LogP contribution in [-0.4, -0.2) is 47.1 Å². The van der Waals surface area contributed by atoms with E-state index in [4.69, 9.17) is 0 Å². The van der Waals surface area contributed by atoms with Crippen molar-refractivity contribution >= 4 is 17.0 Å². The molecule has 1 saturated carbocycles. The second-order valence-electron chi connectivity index (χ2n) is 7.28. The van der Waals surface area contributed by atoms with E-state index in [1.54, 1.807) is 0 Å². The van der Waals surface area contributed by atoms with E-state index in [1.165, 1.54) is 37.7 Å². The normalized spacial score (nSPS) is 19.9. The summed E-state index contributed by atoms with van der Waals surface area (Å²) in [7, 11) is 1.90. The molecular weight excluding hydrogens is 298 g/mol. The molecule has 0 atom stereocenters. The van der Waals surface area contributed by atoms with E-state index in [1.807, 2.05) is 19.4 Å². The molecule has 24 heavy (non-hydrogen) atoms. The van der Waals surface area contributed by atoms with Gasteiger partial charge in [0.2, 0.25) is 0 Å². The zero-order chi connectivity index (χ0) is 16.4. The third kappa shape index (κ3) is 2.87. The lowest BCUT2D eigenvalue weighted by molar-refractivity contribution is 0.151. The number of aliphatic imine (C=N–C) groups is 1. The lowest BCUT2D eigenvalue weighted by Gasteiger charge is -2.38. The second-order valence-corrected chi connectivity index (χ2v) is 7.28. The van der Waals surface area contributed by atoms with Gasteiger partial charge in [-0.2, -0.15) is 0 Å². The van der Waals surface area contributed by atoms with Crippen molar-refractivity contribution in [3.05, 3.63) is 30.6 Å². The van der Waals surface area contributed by atoms with Crippen LogP contribution in [0.4, 0.5) is 0 Å². The lowest BCUT2D eigenvalue weighted by atomic mass is 9.68. The minimum absolute atomic E-state index is 0.618. The number of fused-ring (bicyclic) bond motifs is 1. The first-order valence-corrected chi connectivity index (χ1v) is 9.15. The maximum Gasteiger partial charge on any atom is 0.193 e. The van der Waals surface area contributed by atoms with Gasteiger partial charge in [-0.25, -0.2) is 4.98 Å². The number of rotatable bonds is 4. The Morgan fingerprint density at radius 2 is 2.17 bits per heavy atom. The number of nitrogens with zero attached hydrogens (tertiary/aromatic N) is 4. The molecule has 1 aliphatic carbocycles. The summed E-state index contributed by atoms with van der Waals surface area (Å²) < 4.78 is 2.24. The van der Waals surface area contributed by atoms with Crippen molar-refractivity contribution < 1.29 is 0 Å². The Morgan fingerprint density at radius 1 is 1.29 bits per heavy atom. The summed E-state index contributed by atoms with van der Waals surface area (Å²) in [5.74, 6) is 1.08. The minimum atomic E-state index is 0.618. The smallest absolute Gasteiger partial charge is 0.193 e. The molecule has 4 rings (SSSR count). The van der Waals surface area contributed by atoms with Crippen molar-refractivity contribution in [2.75, 3.05) is 26.7 Å². The van der Waals surface area contributed by atoms with Gasteiger partial charge < -0.3 is 14.8 Å². The Kier molecular flexibility index (Phi) is 4.17. The molecule has 1 aromatic heterocycles. The molecule has 2 aromatic rings. The molecule has 1 N–H and O–H groups in total. The molecule has 0 bridgehead atoms. The van der Waals surface area contributed by atoms with Gasteiger partial charge in [0, 0.05) is 33.2 Å². The summed E-state index contributed by atoms with van der Waals surface area (Å²) in [5, 5.41) is 3.55. The van der Waals surface area contributed by atoms with Crippen molar-refractivity contribution in [3.63, 3.8) is 0 Å². The number of hydrogen-bond acceptors (Lipinski definition) is 2. The standard InChI is InChI=1S/C19H27N5/c1-20-18(23-13-10-19(14-23)8-4-9-19)21-11-5-12-24-15-22-16-6-2-3-7-17(16)24/h2-3,6-7,15H,4-5,8-14H2,1H3,(H,20,21). The van der Waals surface area contributed by atoms with Gasteiger partial charge in [-0.3, -0.25) is 4.99 Å². The molecule has 5 heteroatoms. The number of para-hydroxylation sites is 2. The third-order valence-electron chi connectivity index (χ3n) is 5.75. The van der Waals surface area contributed by atoms with Gasteiger partial charge in [0.05, 0.1) is 17.4 Å². The van der Waals surface area contributed by atoms with Gasteiger partial charge in [0.1, 0.15) is 0 Å². The van der Waals surface area contributed by atoms with E-state index in [9.17, 15) is 0 Å². The van der Waals surface area contributed by atoms with E-state index in [-0.39, 0.29) is 0 Å². The largest absolute Gasteiger partial charge is 0.356 e. The highest BCUT2D eigenvalue weighted by molar-refractivity contribution is 5.80. The van der Waals surface area contributed by atoms with Crippen molar-refractivity contribution in [2.45, 2.75) is 38.6 Å². The Labute approximate surface area is 143 Å². The fourth-order valence-corrected chi connectivity index (χ4v) is 4.17. The number of likely N-dealkylation sites (tertiary alicyclic amines) is 1. The monoisotopic (exact) mass is 325 g/mol. The molecule has 1 aromatic carbocycles. The zero-order valence-corrected chi connectivity index (χ0v) is 14.5. The zero-order valence-electron chi connectivity index (χ0n) is 14.5. The second kappa shape index (κ2) is 6.46. The number of aromatic nitrogens is 2. The topological polar surface area (TPSA) is 45.5 Å². The van der Waals surface area contributed by atoms with E-state index >= 15 is 0 Å².